The van der Waals surface area contributed by atoms with Crippen molar-refractivity contribution in [2.24, 2.45) is 0 Å². The summed E-state index contributed by atoms with van der Waals surface area (Å²) in [7, 11) is 3.18. The number of nitrogens with zero attached hydrogens (tertiary/aromatic N) is 1. The van der Waals surface area contributed by atoms with Crippen LogP contribution in [0.25, 0.3) is 0 Å². The predicted octanol–water partition coefficient (Wildman–Crippen LogP) is 4.38. The summed E-state index contributed by atoms with van der Waals surface area (Å²) in [6.45, 7) is 2.85. The van der Waals surface area contributed by atoms with Crippen LogP contribution in [0.3, 0.4) is 0 Å². The van der Waals surface area contributed by atoms with Gasteiger partial charge in [0, 0.05) is 30.4 Å². The minimum atomic E-state index is -0.0962. The van der Waals surface area contributed by atoms with E-state index in [9.17, 15) is 4.79 Å². The van der Waals surface area contributed by atoms with Crippen molar-refractivity contribution in [3.05, 3.63) is 53.6 Å². The zero-order valence-electron chi connectivity index (χ0n) is 14.9. The van der Waals surface area contributed by atoms with Crippen molar-refractivity contribution in [2.45, 2.75) is 25.8 Å². The number of carbonyl (C=O) groups excluding carboxylic acids is 1. The van der Waals surface area contributed by atoms with Gasteiger partial charge in [0.05, 0.1) is 20.3 Å². The van der Waals surface area contributed by atoms with E-state index in [1.165, 1.54) is 11.1 Å². The third-order valence-electron chi connectivity index (χ3n) is 4.66. The molecule has 0 radical (unpaired) electrons. The Balaban J connectivity index is 1.80. The number of benzene rings is 2. The standard InChI is InChI=1S/C20H24N2O3/c1-14-7-4-5-8-18(14)19-9-6-10-22(19)20(23)21-15-11-16(24-2)13-17(12-15)25-3/h4-5,7-8,11-13,19H,6,9-10H2,1-3H3,(H,21,23)/t19-/m0/s1. The van der Waals surface area contributed by atoms with Crippen LogP contribution < -0.4 is 14.8 Å². The maximum Gasteiger partial charge on any atom is 0.322 e. The van der Waals surface area contributed by atoms with Crippen LogP contribution in [0, 0.1) is 6.92 Å². The van der Waals surface area contributed by atoms with Gasteiger partial charge in [0.1, 0.15) is 11.5 Å². The number of hydrogen-bond donors (Lipinski definition) is 1. The highest BCUT2D eigenvalue weighted by atomic mass is 16.5. The highest BCUT2D eigenvalue weighted by Crippen LogP contribution is 2.34. The van der Waals surface area contributed by atoms with Crippen LogP contribution in [0.15, 0.2) is 42.5 Å². The lowest BCUT2D eigenvalue weighted by molar-refractivity contribution is 0.207. The van der Waals surface area contributed by atoms with E-state index in [2.05, 4.69) is 24.4 Å². The number of likely N-dealkylation sites (tertiary alicyclic amines) is 1. The number of nitrogens with one attached hydrogen (secondary N) is 1. The van der Waals surface area contributed by atoms with Crippen LogP contribution in [-0.2, 0) is 0 Å². The van der Waals surface area contributed by atoms with E-state index in [4.69, 9.17) is 9.47 Å². The van der Waals surface area contributed by atoms with Crippen molar-refractivity contribution < 1.29 is 14.3 Å². The zero-order chi connectivity index (χ0) is 17.8. The Morgan fingerprint density at radius 2 is 1.80 bits per heavy atom. The Morgan fingerprint density at radius 1 is 1.12 bits per heavy atom. The number of methoxy groups -OCH3 is 2. The second kappa shape index (κ2) is 7.47. The molecule has 0 saturated carbocycles. The van der Waals surface area contributed by atoms with Crippen LogP contribution >= 0.6 is 0 Å². The molecule has 3 rings (SSSR count). The molecule has 132 valence electrons. The summed E-state index contributed by atoms with van der Waals surface area (Å²) < 4.78 is 10.5. The first-order valence-electron chi connectivity index (χ1n) is 8.48. The first-order chi connectivity index (χ1) is 12.1. The largest absolute Gasteiger partial charge is 0.497 e. The van der Waals surface area contributed by atoms with Gasteiger partial charge < -0.3 is 19.7 Å². The van der Waals surface area contributed by atoms with Gasteiger partial charge in [0.25, 0.3) is 0 Å². The average molecular weight is 340 g/mol. The molecule has 2 aromatic carbocycles. The molecule has 1 atom stereocenters. The summed E-state index contributed by atoms with van der Waals surface area (Å²) in [5.41, 5.74) is 3.10. The monoisotopic (exact) mass is 340 g/mol. The topological polar surface area (TPSA) is 50.8 Å². The molecule has 1 heterocycles. The van der Waals surface area contributed by atoms with E-state index < -0.39 is 0 Å². The number of hydrogen-bond acceptors (Lipinski definition) is 3. The molecule has 5 heteroatoms. The molecule has 1 N–H and O–H groups in total. The zero-order valence-corrected chi connectivity index (χ0v) is 14.9. The maximum absolute atomic E-state index is 12.8. The summed E-state index contributed by atoms with van der Waals surface area (Å²) in [6, 6.07) is 13.6. The summed E-state index contributed by atoms with van der Waals surface area (Å²) in [5, 5.41) is 2.98. The fourth-order valence-corrected chi connectivity index (χ4v) is 3.37. The van der Waals surface area contributed by atoms with Crippen molar-refractivity contribution >= 4 is 11.7 Å². The van der Waals surface area contributed by atoms with Crippen molar-refractivity contribution in [3.63, 3.8) is 0 Å². The minimum absolute atomic E-state index is 0.0962. The van der Waals surface area contributed by atoms with E-state index in [1.54, 1.807) is 32.4 Å². The number of ether oxygens (including phenoxy) is 2. The van der Waals surface area contributed by atoms with Crippen LogP contribution in [0.1, 0.15) is 30.0 Å². The van der Waals surface area contributed by atoms with Crippen LogP contribution in [0.4, 0.5) is 10.5 Å². The molecule has 2 aromatic rings. The second-order valence-electron chi connectivity index (χ2n) is 6.24. The SMILES string of the molecule is COc1cc(NC(=O)N2CCC[C@H]2c2ccccc2C)cc(OC)c1. The van der Waals surface area contributed by atoms with Gasteiger partial charge in [-0.15, -0.1) is 0 Å². The normalized spacial score (nSPS) is 16.6. The number of amides is 2. The molecular formula is C20H24N2O3. The molecule has 2 amide bonds. The quantitative estimate of drug-likeness (QED) is 0.898. The van der Waals surface area contributed by atoms with Gasteiger partial charge in [0.2, 0.25) is 0 Å². The van der Waals surface area contributed by atoms with Gasteiger partial charge in [-0.2, -0.15) is 0 Å². The van der Waals surface area contributed by atoms with E-state index in [0.29, 0.717) is 17.2 Å². The van der Waals surface area contributed by atoms with Gasteiger partial charge in [0.15, 0.2) is 0 Å². The Labute approximate surface area is 148 Å². The van der Waals surface area contributed by atoms with Crippen LogP contribution in [0.5, 0.6) is 11.5 Å². The van der Waals surface area contributed by atoms with E-state index in [-0.39, 0.29) is 12.1 Å². The number of anilines is 1. The maximum atomic E-state index is 12.8. The van der Waals surface area contributed by atoms with Crippen molar-refractivity contribution in [1.82, 2.24) is 4.90 Å². The molecule has 0 aromatic heterocycles. The highest BCUT2D eigenvalue weighted by molar-refractivity contribution is 5.90. The van der Waals surface area contributed by atoms with Crippen molar-refractivity contribution in [1.29, 1.82) is 0 Å². The smallest absolute Gasteiger partial charge is 0.322 e. The van der Waals surface area contributed by atoms with Gasteiger partial charge in [-0.1, -0.05) is 24.3 Å². The van der Waals surface area contributed by atoms with Gasteiger partial charge in [-0.25, -0.2) is 4.79 Å². The Morgan fingerprint density at radius 3 is 2.44 bits per heavy atom. The molecule has 1 saturated heterocycles. The molecule has 0 aliphatic carbocycles. The Hall–Kier alpha value is -2.69. The average Bonchev–Trinajstić information content (AvgIpc) is 3.11. The number of carbonyl (C=O) groups is 1. The molecule has 1 aliphatic rings. The number of urea groups is 1. The third kappa shape index (κ3) is 3.71. The molecule has 1 aliphatic heterocycles. The van der Waals surface area contributed by atoms with Gasteiger partial charge in [-0.05, 0) is 30.9 Å². The van der Waals surface area contributed by atoms with E-state index in [1.807, 2.05) is 17.0 Å². The fraction of sp³-hybridized carbons (Fsp3) is 0.350. The van der Waals surface area contributed by atoms with Crippen LogP contribution in [-0.4, -0.2) is 31.7 Å². The predicted molar refractivity (Wildman–Crippen MR) is 98.4 cm³/mol. The first-order valence-corrected chi connectivity index (χ1v) is 8.48. The highest BCUT2D eigenvalue weighted by Gasteiger charge is 2.30. The molecule has 1 fully saturated rings. The number of rotatable bonds is 4. The summed E-state index contributed by atoms with van der Waals surface area (Å²) in [4.78, 5) is 14.8. The lowest BCUT2D eigenvalue weighted by Crippen LogP contribution is -2.34. The molecule has 25 heavy (non-hydrogen) atoms. The molecule has 0 unspecified atom stereocenters. The van der Waals surface area contributed by atoms with E-state index >= 15 is 0 Å². The lowest BCUT2D eigenvalue weighted by atomic mass is 9.99. The molecule has 5 nitrogen and oxygen atoms in total. The van der Waals surface area contributed by atoms with Gasteiger partial charge in [-0.3, -0.25) is 0 Å². The van der Waals surface area contributed by atoms with E-state index in [0.717, 1.165) is 19.4 Å². The minimum Gasteiger partial charge on any atom is -0.497 e. The second-order valence-corrected chi connectivity index (χ2v) is 6.24. The van der Waals surface area contributed by atoms with Crippen LogP contribution in [0.2, 0.25) is 0 Å². The molecule has 0 spiro atoms. The number of aryl methyl sites for hydroxylation is 1. The Bertz CT molecular complexity index is 738. The molecule has 0 bridgehead atoms. The molecular weight excluding hydrogens is 316 g/mol. The first kappa shape index (κ1) is 17.1. The van der Waals surface area contributed by atoms with Crippen molar-refractivity contribution in [3.8, 4) is 11.5 Å². The summed E-state index contributed by atoms with van der Waals surface area (Å²) in [6.07, 6.45) is 1.99. The van der Waals surface area contributed by atoms with Gasteiger partial charge >= 0.3 is 6.03 Å². The summed E-state index contributed by atoms with van der Waals surface area (Å²) >= 11 is 0. The lowest BCUT2D eigenvalue weighted by Gasteiger charge is -2.26. The third-order valence-corrected chi connectivity index (χ3v) is 4.66. The Kier molecular flexibility index (Phi) is 5.12. The fourth-order valence-electron chi connectivity index (χ4n) is 3.37. The van der Waals surface area contributed by atoms with Crippen molar-refractivity contribution in [2.75, 3.05) is 26.1 Å². The summed E-state index contributed by atoms with van der Waals surface area (Å²) in [5.74, 6) is 1.29.